The molecule has 0 N–H and O–H groups in total. The fourth-order valence-corrected chi connectivity index (χ4v) is 2.54. The number of rotatable bonds is 2. The van der Waals surface area contributed by atoms with Crippen molar-refractivity contribution in [2.24, 2.45) is 0 Å². The molecular weight excluding hydrogens is 258 g/mol. The van der Waals surface area contributed by atoms with Gasteiger partial charge in [0.1, 0.15) is 0 Å². The second-order valence-corrected chi connectivity index (χ2v) is 5.38. The number of carbonyl (C=O) groups excluding carboxylic acids is 1. The monoisotopic (exact) mass is 275 g/mol. The van der Waals surface area contributed by atoms with E-state index in [-0.39, 0.29) is 5.91 Å². The number of nitrogens with zero attached hydrogens (tertiary/aromatic N) is 1. The van der Waals surface area contributed by atoms with Crippen molar-refractivity contribution in [2.75, 3.05) is 0 Å². The van der Waals surface area contributed by atoms with Crippen LogP contribution in [0, 0.1) is 6.92 Å². The second kappa shape index (κ2) is 5.06. The Labute approximate surface area is 124 Å². The summed E-state index contributed by atoms with van der Waals surface area (Å²) in [7, 11) is 0. The van der Waals surface area contributed by atoms with Crippen molar-refractivity contribution in [2.45, 2.75) is 13.8 Å². The highest BCUT2D eigenvalue weighted by molar-refractivity contribution is 6.05. The number of aryl methyl sites for hydroxylation is 1. The normalized spacial score (nSPS) is 10.8. The van der Waals surface area contributed by atoms with Gasteiger partial charge in [0.05, 0.1) is 11.2 Å². The van der Waals surface area contributed by atoms with Gasteiger partial charge in [0.25, 0.3) is 5.91 Å². The maximum Gasteiger partial charge on any atom is 0.257 e. The van der Waals surface area contributed by atoms with Gasteiger partial charge in [-0.1, -0.05) is 49.0 Å². The van der Waals surface area contributed by atoms with Crippen LogP contribution in [0.5, 0.6) is 0 Å². The fraction of sp³-hybridized carbons (Fsp3) is 0.105. The molecule has 1 aromatic heterocycles. The lowest BCUT2D eigenvalue weighted by Gasteiger charge is -2.09. The molecule has 0 aliphatic carbocycles. The van der Waals surface area contributed by atoms with Crippen LogP contribution in [0.2, 0.25) is 0 Å². The molecule has 21 heavy (non-hydrogen) atoms. The highest BCUT2D eigenvalue weighted by Crippen LogP contribution is 2.29. The second-order valence-electron chi connectivity index (χ2n) is 5.38. The predicted molar refractivity (Wildman–Crippen MR) is 87.6 cm³/mol. The lowest BCUT2D eigenvalue weighted by atomic mass is 10.1. The van der Waals surface area contributed by atoms with Crippen LogP contribution in [0.3, 0.4) is 0 Å². The molecule has 0 saturated heterocycles. The lowest BCUT2D eigenvalue weighted by Crippen LogP contribution is -2.12. The first-order valence-electron chi connectivity index (χ1n) is 6.95. The number of aromatic nitrogens is 1. The van der Waals surface area contributed by atoms with E-state index in [1.165, 1.54) is 0 Å². The number of benzene rings is 2. The van der Waals surface area contributed by atoms with E-state index in [1.54, 1.807) is 11.5 Å². The predicted octanol–water partition coefficient (Wildman–Crippen LogP) is 4.83. The van der Waals surface area contributed by atoms with Gasteiger partial charge in [0.2, 0.25) is 0 Å². The van der Waals surface area contributed by atoms with Crippen molar-refractivity contribution < 1.29 is 4.79 Å². The summed E-state index contributed by atoms with van der Waals surface area (Å²) in [6.07, 6.45) is 0. The summed E-state index contributed by atoms with van der Waals surface area (Å²) >= 11 is 0. The molecule has 0 bridgehead atoms. The van der Waals surface area contributed by atoms with E-state index < -0.39 is 0 Å². The van der Waals surface area contributed by atoms with E-state index in [9.17, 15) is 4.79 Å². The summed E-state index contributed by atoms with van der Waals surface area (Å²) in [6, 6.07) is 18.2. The molecule has 0 spiro atoms. The summed E-state index contributed by atoms with van der Waals surface area (Å²) in [5.41, 5.74) is 4.54. The standard InChI is InChI=1S/C19H17NO/c1-13(2)19(21)20-17-11-14(3)9-10-16(17)12-18(20)15-7-5-4-6-8-15/h4-12H,1H2,2-3H3. The maximum absolute atomic E-state index is 12.6. The zero-order chi connectivity index (χ0) is 15.0. The smallest absolute Gasteiger partial charge is 0.257 e. The molecular formula is C19H17NO. The third-order valence-corrected chi connectivity index (χ3v) is 3.60. The highest BCUT2D eigenvalue weighted by Gasteiger charge is 2.16. The van der Waals surface area contributed by atoms with Crippen molar-refractivity contribution in [3.63, 3.8) is 0 Å². The van der Waals surface area contributed by atoms with Crippen molar-refractivity contribution in [3.8, 4) is 11.3 Å². The SMILES string of the molecule is C=C(C)C(=O)n1c(-c2ccccc2)cc2ccc(C)cc21. The fourth-order valence-electron chi connectivity index (χ4n) is 2.54. The molecule has 2 aromatic carbocycles. The highest BCUT2D eigenvalue weighted by atomic mass is 16.2. The molecule has 0 atom stereocenters. The third-order valence-electron chi connectivity index (χ3n) is 3.60. The van der Waals surface area contributed by atoms with Gasteiger partial charge in [-0.2, -0.15) is 0 Å². The third kappa shape index (κ3) is 2.29. The molecule has 0 aliphatic rings. The Balaban J connectivity index is 2.36. The average molecular weight is 275 g/mol. The zero-order valence-corrected chi connectivity index (χ0v) is 12.3. The van der Waals surface area contributed by atoms with Crippen molar-refractivity contribution in [3.05, 3.63) is 72.3 Å². The topological polar surface area (TPSA) is 22.0 Å². The number of allylic oxidation sites excluding steroid dienone is 1. The molecule has 2 nitrogen and oxygen atoms in total. The van der Waals surface area contributed by atoms with E-state index >= 15 is 0 Å². The summed E-state index contributed by atoms with van der Waals surface area (Å²) in [5, 5.41) is 1.06. The Morgan fingerprint density at radius 1 is 1.05 bits per heavy atom. The minimum Gasteiger partial charge on any atom is -0.276 e. The largest absolute Gasteiger partial charge is 0.276 e. The van der Waals surface area contributed by atoms with Gasteiger partial charge in [-0.15, -0.1) is 0 Å². The Bertz CT molecular complexity index is 841. The van der Waals surface area contributed by atoms with E-state index in [2.05, 4.69) is 24.8 Å². The Kier molecular flexibility index (Phi) is 3.22. The van der Waals surface area contributed by atoms with Gasteiger partial charge in [-0.05, 0) is 37.1 Å². The van der Waals surface area contributed by atoms with Gasteiger partial charge < -0.3 is 0 Å². The van der Waals surface area contributed by atoms with Gasteiger partial charge in [0.15, 0.2) is 0 Å². The lowest BCUT2D eigenvalue weighted by molar-refractivity contribution is 0.0962. The van der Waals surface area contributed by atoms with Crippen LogP contribution in [0.1, 0.15) is 17.3 Å². The maximum atomic E-state index is 12.6. The number of hydrogen-bond donors (Lipinski definition) is 0. The van der Waals surface area contributed by atoms with Crippen LogP contribution in [-0.4, -0.2) is 10.5 Å². The molecule has 2 heteroatoms. The average Bonchev–Trinajstić information content (AvgIpc) is 2.85. The summed E-state index contributed by atoms with van der Waals surface area (Å²) in [4.78, 5) is 12.6. The molecule has 3 rings (SSSR count). The number of fused-ring (bicyclic) bond motifs is 1. The first kappa shape index (κ1) is 13.4. The Morgan fingerprint density at radius 3 is 2.43 bits per heavy atom. The molecule has 104 valence electrons. The van der Waals surface area contributed by atoms with Crippen LogP contribution < -0.4 is 0 Å². The Morgan fingerprint density at radius 2 is 1.76 bits per heavy atom. The van der Waals surface area contributed by atoms with Crippen LogP contribution in [-0.2, 0) is 0 Å². The molecule has 0 unspecified atom stereocenters. The van der Waals surface area contributed by atoms with Crippen LogP contribution in [0.15, 0.2) is 66.7 Å². The minimum atomic E-state index is -0.0607. The van der Waals surface area contributed by atoms with Crippen LogP contribution in [0.25, 0.3) is 22.2 Å². The van der Waals surface area contributed by atoms with Crippen molar-refractivity contribution in [1.29, 1.82) is 0 Å². The van der Waals surface area contributed by atoms with E-state index in [0.29, 0.717) is 5.57 Å². The molecule has 0 fully saturated rings. The number of hydrogen-bond acceptors (Lipinski definition) is 1. The minimum absolute atomic E-state index is 0.0607. The van der Waals surface area contributed by atoms with Gasteiger partial charge >= 0.3 is 0 Å². The van der Waals surface area contributed by atoms with Crippen molar-refractivity contribution >= 4 is 16.8 Å². The molecule has 3 aromatic rings. The summed E-state index contributed by atoms with van der Waals surface area (Å²) in [5.74, 6) is -0.0607. The van der Waals surface area contributed by atoms with Crippen LogP contribution >= 0.6 is 0 Å². The summed E-state index contributed by atoms with van der Waals surface area (Å²) < 4.78 is 1.76. The number of carbonyl (C=O) groups is 1. The Hall–Kier alpha value is -2.61. The first-order chi connectivity index (χ1) is 10.1. The summed E-state index contributed by atoms with van der Waals surface area (Å²) in [6.45, 7) is 7.59. The molecule has 0 aliphatic heterocycles. The van der Waals surface area contributed by atoms with Crippen LogP contribution in [0.4, 0.5) is 0 Å². The molecule has 1 heterocycles. The quantitative estimate of drug-likeness (QED) is 0.614. The zero-order valence-electron chi connectivity index (χ0n) is 12.3. The van der Waals surface area contributed by atoms with E-state index in [1.807, 2.05) is 43.3 Å². The van der Waals surface area contributed by atoms with E-state index in [0.717, 1.165) is 27.7 Å². The van der Waals surface area contributed by atoms with Gasteiger partial charge in [-0.25, -0.2) is 0 Å². The first-order valence-corrected chi connectivity index (χ1v) is 6.95. The van der Waals surface area contributed by atoms with Crippen molar-refractivity contribution in [1.82, 2.24) is 4.57 Å². The molecule has 0 saturated carbocycles. The molecule has 0 radical (unpaired) electrons. The molecule has 0 amide bonds. The van der Waals surface area contributed by atoms with E-state index in [4.69, 9.17) is 0 Å². The van der Waals surface area contributed by atoms with Gasteiger partial charge in [0, 0.05) is 11.0 Å². The van der Waals surface area contributed by atoms with Gasteiger partial charge in [-0.3, -0.25) is 9.36 Å².